The number of carbonyl (C=O) groups excluding carboxylic acids is 1. The summed E-state index contributed by atoms with van der Waals surface area (Å²) in [6.45, 7) is -0.936. The maximum atomic E-state index is 12.5. The van der Waals surface area contributed by atoms with Gasteiger partial charge >= 0.3 is 0 Å². The van der Waals surface area contributed by atoms with Gasteiger partial charge < -0.3 is 4.90 Å². The summed E-state index contributed by atoms with van der Waals surface area (Å²) in [7, 11) is 0. The molecular formula is C10H8F2NO. The lowest BCUT2D eigenvalue weighted by molar-refractivity contribution is -0.113. The fraction of sp³-hybridized carbons (Fsp3) is 0.300. The number of nitrogens with zero attached hydrogens (tertiary/aromatic N) is 1. The molecule has 1 aliphatic heterocycles. The summed E-state index contributed by atoms with van der Waals surface area (Å²) in [5.74, 6) is -3.04. The van der Waals surface area contributed by atoms with E-state index in [0.717, 1.165) is 4.90 Å². The van der Waals surface area contributed by atoms with Gasteiger partial charge in [-0.25, -0.2) is 8.78 Å². The van der Waals surface area contributed by atoms with Crippen molar-refractivity contribution in [3.63, 3.8) is 0 Å². The van der Waals surface area contributed by atoms with Gasteiger partial charge in [-0.2, -0.15) is 0 Å². The number of likely N-dealkylation sites (tertiary alicyclic amines) is 1. The molecule has 4 heteroatoms. The Hall–Kier alpha value is -1.45. The van der Waals surface area contributed by atoms with Crippen molar-refractivity contribution < 1.29 is 13.6 Å². The summed E-state index contributed by atoms with van der Waals surface area (Å²) in [6.07, 6.45) is 0. The van der Waals surface area contributed by atoms with Crippen LogP contribution in [0.25, 0.3) is 0 Å². The van der Waals surface area contributed by atoms with Gasteiger partial charge in [0.05, 0.1) is 13.1 Å². The highest BCUT2D eigenvalue weighted by Crippen LogP contribution is 2.27. The third-order valence-electron chi connectivity index (χ3n) is 2.10. The molecule has 0 bridgehead atoms. The van der Waals surface area contributed by atoms with E-state index in [4.69, 9.17) is 0 Å². The predicted molar refractivity (Wildman–Crippen MR) is 46.1 cm³/mol. The van der Waals surface area contributed by atoms with Gasteiger partial charge in [-0.1, -0.05) is 12.1 Å². The van der Waals surface area contributed by atoms with Crippen molar-refractivity contribution in [3.8, 4) is 0 Å². The average Bonchev–Trinajstić information content (AvgIpc) is 2.14. The SMILES string of the molecule is O=C(c1cc[c]cc1)N1CC(F)(F)C1. The van der Waals surface area contributed by atoms with Crippen LogP contribution in [0.4, 0.5) is 8.78 Å². The Morgan fingerprint density at radius 3 is 2.43 bits per heavy atom. The predicted octanol–water partition coefficient (Wildman–Crippen LogP) is 1.58. The van der Waals surface area contributed by atoms with Crippen LogP contribution >= 0.6 is 0 Å². The Morgan fingerprint density at radius 2 is 1.93 bits per heavy atom. The molecule has 0 spiro atoms. The molecule has 1 saturated heterocycles. The normalized spacial score (nSPS) is 18.9. The molecule has 0 aromatic heterocycles. The van der Waals surface area contributed by atoms with Crippen molar-refractivity contribution in [2.45, 2.75) is 5.92 Å². The van der Waals surface area contributed by atoms with Gasteiger partial charge in [0.1, 0.15) is 0 Å². The Bertz CT molecular complexity index is 342. The summed E-state index contributed by atoms with van der Waals surface area (Å²) >= 11 is 0. The maximum absolute atomic E-state index is 12.5. The highest BCUT2D eigenvalue weighted by atomic mass is 19.3. The first-order valence-corrected chi connectivity index (χ1v) is 4.22. The van der Waals surface area contributed by atoms with Crippen molar-refractivity contribution in [1.29, 1.82) is 0 Å². The second-order valence-electron chi connectivity index (χ2n) is 3.31. The Labute approximate surface area is 80.1 Å². The van der Waals surface area contributed by atoms with Crippen molar-refractivity contribution in [1.82, 2.24) is 4.90 Å². The molecule has 73 valence electrons. The summed E-state index contributed by atoms with van der Waals surface area (Å²) in [6, 6.07) is 9.07. The number of rotatable bonds is 1. The van der Waals surface area contributed by atoms with E-state index in [2.05, 4.69) is 6.07 Å². The van der Waals surface area contributed by atoms with E-state index in [-0.39, 0.29) is 5.91 Å². The lowest BCUT2D eigenvalue weighted by Crippen LogP contribution is -2.58. The first-order valence-electron chi connectivity index (χ1n) is 4.22. The van der Waals surface area contributed by atoms with Gasteiger partial charge in [0.25, 0.3) is 11.8 Å². The van der Waals surface area contributed by atoms with Gasteiger partial charge in [0, 0.05) is 5.56 Å². The van der Waals surface area contributed by atoms with Gasteiger partial charge in [-0.3, -0.25) is 4.79 Å². The number of carbonyl (C=O) groups is 1. The molecule has 0 aliphatic carbocycles. The number of alkyl halides is 2. The zero-order chi connectivity index (χ0) is 10.2. The highest BCUT2D eigenvalue weighted by molar-refractivity contribution is 5.94. The minimum atomic E-state index is -2.70. The molecule has 0 N–H and O–H groups in total. The lowest BCUT2D eigenvalue weighted by Gasteiger charge is -2.38. The van der Waals surface area contributed by atoms with E-state index in [1.54, 1.807) is 24.3 Å². The summed E-state index contributed by atoms with van der Waals surface area (Å²) in [4.78, 5) is 12.6. The first-order chi connectivity index (χ1) is 6.58. The lowest BCUT2D eigenvalue weighted by atomic mass is 10.1. The number of amides is 1. The molecule has 1 aromatic rings. The van der Waals surface area contributed by atoms with Crippen LogP contribution in [0.1, 0.15) is 10.4 Å². The van der Waals surface area contributed by atoms with Gasteiger partial charge in [0.2, 0.25) is 0 Å². The van der Waals surface area contributed by atoms with Crippen LogP contribution in [0.5, 0.6) is 0 Å². The third kappa shape index (κ3) is 1.60. The Kier molecular flexibility index (Phi) is 1.98. The van der Waals surface area contributed by atoms with Gasteiger partial charge in [-0.15, -0.1) is 0 Å². The highest BCUT2D eigenvalue weighted by Gasteiger charge is 2.46. The monoisotopic (exact) mass is 196 g/mol. The smallest absolute Gasteiger partial charge is 0.282 e. The third-order valence-corrected chi connectivity index (χ3v) is 2.10. The molecule has 1 fully saturated rings. The topological polar surface area (TPSA) is 20.3 Å². The van der Waals surface area contributed by atoms with Crippen LogP contribution in [-0.2, 0) is 0 Å². The largest absolute Gasteiger partial charge is 0.326 e. The van der Waals surface area contributed by atoms with Crippen molar-refractivity contribution in [3.05, 3.63) is 35.9 Å². The van der Waals surface area contributed by atoms with E-state index < -0.39 is 19.0 Å². The molecule has 1 heterocycles. The fourth-order valence-electron chi connectivity index (χ4n) is 1.37. The van der Waals surface area contributed by atoms with Crippen LogP contribution in [0.2, 0.25) is 0 Å². The van der Waals surface area contributed by atoms with E-state index in [1.165, 1.54) is 0 Å². The van der Waals surface area contributed by atoms with Crippen LogP contribution in [0, 0.1) is 6.07 Å². The minimum absolute atomic E-state index is 0.343. The average molecular weight is 196 g/mol. The van der Waals surface area contributed by atoms with Crippen molar-refractivity contribution in [2.75, 3.05) is 13.1 Å². The molecule has 1 radical (unpaired) electrons. The first kappa shape index (κ1) is 9.12. The van der Waals surface area contributed by atoms with Crippen LogP contribution in [-0.4, -0.2) is 29.8 Å². The van der Waals surface area contributed by atoms with Gasteiger partial charge in [-0.05, 0) is 18.2 Å². The second-order valence-corrected chi connectivity index (χ2v) is 3.31. The molecule has 14 heavy (non-hydrogen) atoms. The molecule has 0 atom stereocenters. The molecule has 0 saturated carbocycles. The maximum Gasteiger partial charge on any atom is 0.282 e. The zero-order valence-corrected chi connectivity index (χ0v) is 7.34. The molecule has 2 rings (SSSR count). The van der Waals surface area contributed by atoms with Crippen LogP contribution in [0.15, 0.2) is 24.3 Å². The van der Waals surface area contributed by atoms with Crippen molar-refractivity contribution >= 4 is 5.91 Å². The van der Waals surface area contributed by atoms with Crippen LogP contribution < -0.4 is 0 Å². The minimum Gasteiger partial charge on any atom is -0.326 e. The summed E-state index contributed by atoms with van der Waals surface area (Å²) in [5, 5.41) is 0. The number of hydrogen-bond donors (Lipinski definition) is 0. The van der Waals surface area contributed by atoms with Crippen LogP contribution in [0.3, 0.4) is 0 Å². The molecule has 1 amide bonds. The quantitative estimate of drug-likeness (QED) is 0.667. The molecule has 1 aromatic carbocycles. The summed E-state index contributed by atoms with van der Waals surface area (Å²) < 4.78 is 24.9. The summed E-state index contributed by atoms with van der Waals surface area (Å²) in [5.41, 5.74) is 0.430. The van der Waals surface area contributed by atoms with E-state index in [0.29, 0.717) is 5.56 Å². The molecule has 1 aliphatic rings. The zero-order valence-electron chi connectivity index (χ0n) is 7.34. The van der Waals surface area contributed by atoms with Gasteiger partial charge in [0.15, 0.2) is 0 Å². The second kappa shape index (κ2) is 3.04. The standard InChI is InChI=1S/C10H8F2NO/c11-10(12)6-13(7-10)9(14)8-4-2-1-3-5-8/h2-5H,6-7H2. The molecule has 0 unspecified atom stereocenters. The Balaban J connectivity index is 2.05. The van der Waals surface area contributed by atoms with E-state index in [1.807, 2.05) is 0 Å². The number of halogens is 2. The fourth-order valence-corrected chi connectivity index (χ4v) is 1.37. The number of hydrogen-bond acceptors (Lipinski definition) is 1. The Morgan fingerprint density at radius 1 is 1.36 bits per heavy atom. The molecule has 2 nitrogen and oxygen atoms in total. The van der Waals surface area contributed by atoms with E-state index >= 15 is 0 Å². The van der Waals surface area contributed by atoms with Crippen molar-refractivity contribution in [2.24, 2.45) is 0 Å². The van der Waals surface area contributed by atoms with E-state index in [9.17, 15) is 13.6 Å². The number of benzene rings is 1. The molecular weight excluding hydrogens is 188 g/mol.